The lowest BCUT2D eigenvalue weighted by atomic mass is 10.1. The van der Waals surface area contributed by atoms with Gasteiger partial charge in [-0.05, 0) is 19.3 Å². The fourth-order valence-electron chi connectivity index (χ4n) is 2.41. The zero-order valence-corrected chi connectivity index (χ0v) is 11.2. The number of anilines is 2. The standard InChI is InChI=1S/C13H21FN4O/c1-2-6-15-13-16-7-10(14)12(18-13)17-11-5-3-4-9(11)8-19/h7,9,11,19H,2-6,8H2,1H3,(H2,15,16,17,18). The van der Waals surface area contributed by atoms with E-state index in [1.807, 2.05) is 6.92 Å². The number of halogens is 1. The second-order valence-electron chi connectivity index (χ2n) is 4.94. The molecule has 2 atom stereocenters. The molecule has 1 fully saturated rings. The van der Waals surface area contributed by atoms with Gasteiger partial charge in [0.05, 0.1) is 6.20 Å². The minimum absolute atomic E-state index is 0.0911. The molecule has 1 aromatic heterocycles. The first kappa shape index (κ1) is 14.0. The number of nitrogens with zero attached hydrogens (tertiary/aromatic N) is 2. The van der Waals surface area contributed by atoms with Gasteiger partial charge in [0.1, 0.15) is 0 Å². The molecular weight excluding hydrogens is 247 g/mol. The third-order valence-corrected chi connectivity index (χ3v) is 3.49. The van der Waals surface area contributed by atoms with Crippen LogP contribution in [-0.4, -0.2) is 34.3 Å². The molecule has 6 heteroatoms. The Morgan fingerprint density at radius 1 is 1.47 bits per heavy atom. The molecule has 2 rings (SSSR count). The summed E-state index contributed by atoms with van der Waals surface area (Å²) in [5.74, 6) is 0.385. The molecule has 0 aromatic carbocycles. The van der Waals surface area contributed by atoms with Gasteiger partial charge in [0, 0.05) is 25.1 Å². The Bertz CT molecular complexity index is 416. The molecule has 0 spiro atoms. The average Bonchev–Trinajstić information content (AvgIpc) is 2.87. The van der Waals surface area contributed by atoms with Crippen molar-refractivity contribution in [2.24, 2.45) is 5.92 Å². The van der Waals surface area contributed by atoms with Crippen LogP contribution in [0.4, 0.5) is 16.2 Å². The summed E-state index contributed by atoms with van der Waals surface area (Å²) in [7, 11) is 0. The Labute approximate surface area is 112 Å². The fourth-order valence-corrected chi connectivity index (χ4v) is 2.41. The van der Waals surface area contributed by atoms with Crippen molar-refractivity contribution in [3.8, 4) is 0 Å². The minimum atomic E-state index is -0.453. The summed E-state index contributed by atoms with van der Waals surface area (Å²) in [6.07, 6.45) is 5.10. The highest BCUT2D eigenvalue weighted by atomic mass is 19.1. The largest absolute Gasteiger partial charge is 0.396 e. The molecular formula is C13H21FN4O. The third-order valence-electron chi connectivity index (χ3n) is 3.49. The van der Waals surface area contributed by atoms with E-state index in [0.29, 0.717) is 5.95 Å². The summed E-state index contributed by atoms with van der Waals surface area (Å²) in [4.78, 5) is 8.06. The van der Waals surface area contributed by atoms with Gasteiger partial charge in [-0.2, -0.15) is 4.98 Å². The predicted molar refractivity (Wildman–Crippen MR) is 72.6 cm³/mol. The van der Waals surface area contributed by atoms with E-state index in [9.17, 15) is 9.50 Å². The van der Waals surface area contributed by atoms with Crippen LogP contribution in [0.3, 0.4) is 0 Å². The molecule has 106 valence electrons. The van der Waals surface area contributed by atoms with E-state index in [2.05, 4.69) is 20.6 Å². The molecule has 0 bridgehead atoms. The number of hydrogen-bond donors (Lipinski definition) is 3. The van der Waals surface area contributed by atoms with E-state index in [4.69, 9.17) is 0 Å². The molecule has 0 saturated heterocycles. The maximum absolute atomic E-state index is 13.7. The van der Waals surface area contributed by atoms with Gasteiger partial charge < -0.3 is 15.7 Å². The van der Waals surface area contributed by atoms with E-state index in [0.717, 1.165) is 32.2 Å². The summed E-state index contributed by atoms with van der Waals surface area (Å²) >= 11 is 0. The first-order chi connectivity index (χ1) is 9.24. The van der Waals surface area contributed by atoms with E-state index in [1.54, 1.807) is 0 Å². The van der Waals surface area contributed by atoms with Crippen molar-refractivity contribution in [3.05, 3.63) is 12.0 Å². The highest BCUT2D eigenvalue weighted by Crippen LogP contribution is 2.28. The lowest BCUT2D eigenvalue weighted by Crippen LogP contribution is -2.27. The zero-order valence-electron chi connectivity index (χ0n) is 11.2. The fraction of sp³-hybridized carbons (Fsp3) is 0.692. The van der Waals surface area contributed by atoms with Gasteiger partial charge in [0.15, 0.2) is 11.6 Å². The van der Waals surface area contributed by atoms with Crippen LogP contribution in [-0.2, 0) is 0 Å². The van der Waals surface area contributed by atoms with E-state index in [-0.39, 0.29) is 24.4 Å². The SMILES string of the molecule is CCCNc1ncc(F)c(NC2CCCC2CO)n1. The van der Waals surface area contributed by atoms with Crippen molar-refractivity contribution < 1.29 is 9.50 Å². The normalized spacial score (nSPS) is 22.5. The molecule has 0 amide bonds. The van der Waals surface area contributed by atoms with Crippen molar-refractivity contribution in [1.29, 1.82) is 0 Å². The number of nitrogens with one attached hydrogen (secondary N) is 2. The zero-order chi connectivity index (χ0) is 13.7. The van der Waals surface area contributed by atoms with Crippen LogP contribution in [0.1, 0.15) is 32.6 Å². The summed E-state index contributed by atoms with van der Waals surface area (Å²) in [5, 5.41) is 15.4. The topological polar surface area (TPSA) is 70.1 Å². The van der Waals surface area contributed by atoms with Crippen molar-refractivity contribution in [2.45, 2.75) is 38.6 Å². The van der Waals surface area contributed by atoms with Crippen LogP contribution in [0.2, 0.25) is 0 Å². The van der Waals surface area contributed by atoms with Crippen LogP contribution in [0.5, 0.6) is 0 Å². The summed E-state index contributed by atoms with van der Waals surface area (Å²) in [5.41, 5.74) is 0. The summed E-state index contributed by atoms with van der Waals surface area (Å²) in [6, 6.07) is 0.0911. The molecule has 1 aliphatic carbocycles. The minimum Gasteiger partial charge on any atom is -0.396 e. The average molecular weight is 268 g/mol. The number of aliphatic hydroxyl groups excluding tert-OH is 1. The summed E-state index contributed by atoms with van der Waals surface area (Å²) < 4.78 is 13.7. The van der Waals surface area contributed by atoms with Crippen molar-refractivity contribution in [2.75, 3.05) is 23.8 Å². The van der Waals surface area contributed by atoms with Crippen LogP contribution in [0.15, 0.2) is 6.20 Å². The van der Waals surface area contributed by atoms with Gasteiger partial charge in [0.25, 0.3) is 0 Å². The lowest BCUT2D eigenvalue weighted by Gasteiger charge is -2.20. The van der Waals surface area contributed by atoms with Crippen molar-refractivity contribution >= 4 is 11.8 Å². The molecule has 1 aromatic rings. The quantitative estimate of drug-likeness (QED) is 0.736. The van der Waals surface area contributed by atoms with E-state index >= 15 is 0 Å². The molecule has 19 heavy (non-hydrogen) atoms. The molecule has 0 aliphatic heterocycles. The molecule has 1 heterocycles. The molecule has 5 nitrogen and oxygen atoms in total. The predicted octanol–water partition coefficient (Wildman–Crippen LogP) is 2.01. The smallest absolute Gasteiger partial charge is 0.224 e. The number of rotatable bonds is 6. The van der Waals surface area contributed by atoms with Gasteiger partial charge in [-0.3, -0.25) is 0 Å². The van der Waals surface area contributed by atoms with Crippen molar-refractivity contribution in [1.82, 2.24) is 9.97 Å². The number of aromatic nitrogens is 2. The van der Waals surface area contributed by atoms with Gasteiger partial charge in [0.2, 0.25) is 5.95 Å². The van der Waals surface area contributed by atoms with Gasteiger partial charge >= 0.3 is 0 Å². The molecule has 0 radical (unpaired) electrons. The second-order valence-corrected chi connectivity index (χ2v) is 4.94. The highest BCUT2D eigenvalue weighted by Gasteiger charge is 2.27. The third kappa shape index (κ3) is 3.53. The van der Waals surface area contributed by atoms with Crippen LogP contribution < -0.4 is 10.6 Å². The summed E-state index contributed by atoms with van der Waals surface area (Å²) in [6.45, 7) is 2.93. The molecule has 1 saturated carbocycles. The van der Waals surface area contributed by atoms with Gasteiger partial charge in [-0.1, -0.05) is 13.3 Å². The monoisotopic (exact) mass is 268 g/mol. The maximum Gasteiger partial charge on any atom is 0.224 e. The van der Waals surface area contributed by atoms with Crippen LogP contribution in [0.25, 0.3) is 0 Å². The Balaban J connectivity index is 2.05. The lowest BCUT2D eigenvalue weighted by molar-refractivity contribution is 0.222. The van der Waals surface area contributed by atoms with Crippen LogP contribution in [0, 0.1) is 11.7 Å². The first-order valence-electron chi connectivity index (χ1n) is 6.88. The maximum atomic E-state index is 13.7. The number of aliphatic hydroxyl groups is 1. The highest BCUT2D eigenvalue weighted by molar-refractivity contribution is 5.42. The Morgan fingerprint density at radius 2 is 2.32 bits per heavy atom. The Morgan fingerprint density at radius 3 is 3.05 bits per heavy atom. The van der Waals surface area contributed by atoms with Gasteiger partial charge in [-0.25, -0.2) is 9.37 Å². The van der Waals surface area contributed by atoms with Crippen LogP contribution >= 0.6 is 0 Å². The Hall–Kier alpha value is -1.43. The van der Waals surface area contributed by atoms with E-state index in [1.165, 1.54) is 6.20 Å². The molecule has 1 aliphatic rings. The van der Waals surface area contributed by atoms with Crippen molar-refractivity contribution in [3.63, 3.8) is 0 Å². The Kier molecular flexibility index (Phi) is 4.90. The molecule has 2 unspecified atom stereocenters. The molecule has 3 N–H and O–H groups in total. The second kappa shape index (κ2) is 6.65. The number of hydrogen-bond acceptors (Lipinski definition) is 5. The first-order valence-corrected chi connectivity index (χ1v) is 6.88. The van der Waals surface area contributed by atoms with E-state index < -0.39 is 5.82 Å². The van der Waals surface area contributed by atoms with Gasteiger partial charge in [-0.15, -0.1) is 0 Å².